The minimum atomic E-state index is -0.0153. The Morgan fingerprint density at radius 1 is 1.47 bits per heavy atom. The molecule has 0 radical (unpaired) electrons. The van der Waals surface area contributed by atoms with Crippen LogP contribution in [0.2, 0.25) is 0 Å². The van der Waals surface area contributed by atoms with Crippen LogP contribution in [0.3, 0.4) is 0 Å². The minimum absolute atomic E-state index is 0.0153. The second-order valence-electron chi connectivity index (χ2n) is 4.90. The molecular formula is C15H22N2OS. The SMILES string of the molecule is CNC(=O)c1cccc(CCN[C@H]2CCCSC2)c1. The summed E-state index contributed by atoms with van der Waals surface area (Å²) in [5.41, 5.74) is 1.96. The fraction of sp³-hybridized carbons (Fsp3) is 0.533. The highest BCUT2D eigenvalue weighted by molar-refractivity contribution is 7.99. The van der Waals surface area contributed by atoms with Gasteiger partial charge in [-0.15, -0.1) is 0 Å². The zero-order valence-corrected chi connectivity index (χ0v) is 12.3. The van der Waals surface area contributed by atoms with Crippen molar-refractivity contribution in [2.75, 3.05) is 25.1 Å². The van der Waals surface area contributed by atoms with E-state index < -0.39 is 0 Å². The molecule has 4 heteroatoms. The average molecular weight is 278 g/mol. The maximum atomic E-state index is 11.6. The van der Waals surface area contributed by atoms with E-state index in [1.54, 1.807) is 7.05 Å². The molecule has 1 aliphatic rings. The van der Waals surface area contributed by atoms with Crippen LogP contribution in [0.4, 0.5) is 0 Å². The summed E-state index contributed by atoms with van der Waals surface area (Å²) in [7, 11) is 1.66. The first-order valence-corrected chi connectivity index (χ1v) is 8.07. The van der Waals surface area contributed by atoms with Crippen LogP contribution in [0.5, 0.6) is 0 Å². The summed E-state index contributed by atoms with van der Waals surface area (Å²) >= 11 is 2.04. The predicted octanol–water partition coefficient (Wildman–Crippen LogP) is 2.07. The standard InChI is InChI=1S/C15H22N2OS/c1-16-15(18)13-5-2-4-12(10-13)7-8-17-14-6-3-9-19-11-14/h2,4-5,10,14,17H,3,6-9,11H2,1H3,(H,16,18)/t14-/m0/s1. The normalized spacial score (nSPS) is 19.1. The van der Waals surface area contributed by atoms with Crippen molar-refractivity contribution in [2.45, 2.75) is 25.3 Å². The first-order valence-electron chi connectivity index (χ1n) is 6.92. The van der Waals surface area contributed by atoms with Gasteiger partial charge in [0.2, 0.25) is 0 Å². The van der Waals surface area contributed by atoms with E-state index in [-0.39, 0.29) is 5.91 Å². The molecule has 2 N–H and O–H groups in total. The van der Waals surface area contributed by atoms with E-state index in [4.69, 9.17) is 0 Å². The Labute approximate surface area is 119 Å². The van der Waals surface area contributed by atoms with Crippen LogP contribution < -0.4 is 10.6 Å². The van der Waals surface area contributed by atoms with Crippen molar-refractivity contribution in [2.24, 2.45) is 0 Å². The zero-order chi connectivity index (χ0) is 13.5. The molecular weight excluding hydrogens is 256 g/mol. The highest BCUT2D eigenvalue weighted by Gasteiger charge is 2.12. The van der Waals surface area contributed by atoms with Crippen LogP contribution in [0.25, 0.3) is 0 Å². The van der Waals surface area contributed by atoms with E-state index in [1.165, 1.54) is 29.9 Å². The maximum absolute atomic E-state index is 11.6. The van der Waals surface area contributed by atoms with Crippen molar-refractivity contribution in [3.8, 4) is 0 Å². The fourth-order valence-electron chi connectivity index (χ4n) is 2.33. The van der Waals surface area contributed by atoms with Crippen LogP contribution in [0.1, 0.15) is 28.8 Å². The predicted molar refractivity (Wildman–Crippen MR) is 81.9 cm³/mol. The zero-order valence-electron chi connectivity index (χ0n) is 11.4. The van der Waals surface area contributed by atoms with Crippen LogP contribution in [0, 0.1) is 0 Å². The first-order chi connectivity index (χ1) is 9.29. The Morgan fingerprint density at radius 2 is 2.37 bits per heavy atom. The Kier molecular flexibility index (Phi) is 5.73. The van der Waals surface area contributed by atoms with Crippen molar-refractivity contribution >= 4 is 17.7 Å². The molecule has 0 aromatic heterocycles. The summed E-state index contributed by atoms with van der Waals surface area (Å²) in [5.74, 6) is 2.53. The first kappa shape index (κ1) is 14.4. The molecule has 1 amide bonds. The molecule has 0 spiro atoms. The minimum Gasteiger partial charge on any atom is -0.355 e. The lowest BCUT2D eigenvalue weighted by molar-refractivity contribution is 0.0963. The summed E-state index contributed by atoms with van der Waals surface area (Å²) in [6.45, 7) is 0.989. The third-order valence-electron chi connectivity index (χ3n) is 3.42. The van der Waals surface area contributed by atoms with Gasteiger partial charge in [0.05, 0.1) is 0 Å². The second-order valence-corrected chi connectivity index (χ2v) is 6.05. The molecule has 1 aliphatic heterocycles. The lowest BCUT2D eigenvalue weighted by atomic mass is 10.1. The smallest absolute Gasteiger partial charge is 0.251 e. The molecule has 3 nitrogen and oxygen atoms in total. The van der Waals surface area contributed by atoms with E-state index in [9.17, 15) is 4.79 Å². The van der Waals surface area contributed by atoms with Crippen LogP contribution in [-0.4, -0.2) is 37.0 Å². The summed E-state index contributed by atoms with van der Waals surface area (Å²) in [5, 5.41) is 6.27. The number of hydrogen-bond donors (Lipinski definition) is 2. The molecule has 1 aromatic rings. The Hall–Kier alpha value is -1.00. The van der Waals surface area contributed by atoms with Crippen molar-refractivity contribution in [3.05, 3.63) is 35.4 Å². The van der Waals surface area contributed by atoms with E-state index in [0.29, 0.717) is 6.04 Å². The largest absolute Gasteiger partial charge is 0.355 e. The Morgan fingerprint density at radius 3 is 3.11 bits per heavy atom. The maximum Gasteiger partial charge on any atom is 0.251 e. The molecule has 0 aliphatic carbocycles. The number of amides is 1. The van der Waals surface area contributed by atoms with Gasteiger partial charge in [-0.1, -0.05) is 12.1 Å². The number of thioether (sulfide) groups is 1. The van der Waals surface area contributed by atoms with Gasteiger partial charge in [0.25, 0.3) is 5.91 Å². The van der Waals surface area contributed by atoms with Gasteiger partial charge in [0, 0.05) is 24.4 Å². The number of hydrogen-bond acceptors (Lipinski definition) is 3. The van der Waals surface area contributed by atoms with Crippen molar-refractivity contribution in [1.82, 2.24) is 10.6 Å². The molecule has 19 heavy (non-hydrogen) atoms. The van der Waals surface area contributed by atoms with Gasteiger partial charge in [-0.3, -0.25) is 4.79 Å². The number of carbonyl (C=O) groups is 1. The van der Waals surface area contributed by atoms with Crippen molar-refractivity contribution < 1.29 is 4.79 Å². The Bertz CT molecular complexity index is 416. The van der Waals surface area contributed by atoms with Crippen LogP contribution >= 0.6 is 11.8 Å². The summed E-state index contributed by atoms with van der Waals surface area (Å²) in [6.07, 6.45) is 3.60. The van der Waals surface area contributed by atoms with Crippen molar-refractivity contribution in [3.63, 3.8) is 0 Å². The van der Waals surface area contributed by atoms with E-state index >= 15 is 0 Å². The quantitative estimate of drug-likeness (QED) is 0.866. The number of benzene rings is 1. The van der Waals surface area contributed by atoms with Gasteiger partial charge in [-0.2, -0.15) is 11.8 Å². The van der Waals surface area contributed by atoms with Gasteiger partial charge < -0.3 is 10.6 Å². The van der Waals surface area contributed by atoms with Gasteiger partial charge in [0.1, 0.15) is 0 Å². The second kappa shape index (κ2) is 7.56. The lowest BCUT2D eigenvalue weighted by Crippen LogP contribution is -2.35. The molecule has 1 heterocycles. The van der Waals surface area contributed by atoms with Crippen molar-refractivity contribution in [1.29, 1.82) is 0 Å². The molecule has 1 fully saturated rings. The van der Waals surface area contributed by atoms with E-state index in [0.717, 1.165) is 18.5 Å². The molecule has 0 unspecified atom stereocenters. The van der Waals surface area contributed by atoms with Gasteiger partial charge in [0.15, 0.2) is 0 Å². The topological polar surface area (TPSA) is 41.1 Å². The molecule has 2 rings (SSSR count). The molecule has 1 saturated heterocycles. The Balaban J connectivity index is 1.80. The third-order valence-corrected chi connectivity index (χ3v) is 4.64. The average Bonchev–Trinajstić information content (AvgIpc) is 2.48. The molecule has 0 bridgehead atoms. The molecule has 104 valence electrons. The van der Waals surface area contributed by atoms with Gasteiger partial charge >= 0.3 is 0 Å². The number of carbonyl (C=O) groups excluding carboxylic acids is 1. The summed E-state index contributed by atoms with van der Waals surface area (Å²) in [4.78, 5) is 11.6. The monoisotopic (exact) mass is 278 g/mol. The molecule has 0 saturated carbocycles. The molecule has 1 atom stereocenters. The van der Waals surface area contributed by atoms with Gasteiger partial charge in [-0.05, 0) is 49.3 Å². The van der Waals surface area contributed by atoms with E-state index in [1.807, 2.05) is 30.0 Å². The lowest BCUT2D eigenvalue weighted by Gasteiger charge is -2.22. The number of rotatable bonds is 5. The van der Waals surface area contributed by atoms with Crippen LogP contribution in [-0.2, 0) is 6.42 Å². The third kappa shape index (κ3) is 4.55. The van der Waals surface area contributed by atoms with Gasteiger partial charge in [-0.25, -0.2) is 0 Å². The van der Waals surface area contributed by atoms with Crippen LogP contribution in [0.15, 0.2) is 24.3 Å². The highest BCUT2D eigenvalue weighted by atomic mass is 32.2. The number of nitrogens with one attached hydrogen (secondary N) is 2. The molecule has 1 aromatic carbocycles. The van der Waals surface area contributed by atoms with E-state index in [2.05, 4.69) is 16.7 Å². The summed E-state index contributed by atoms with van der Waals surface area (Å²) in [6, 6.07) is 8.55. The summed E-state index contributed by atoms with van der Waals surface area (Å²) < 4.78 is 0. The highest BCUT2D eigenvalue weighted by Crippen LogP contribution is 2.16. The fourth-order valence-corrected chi connectivity index (χ4v) is 3.44.